The van der Waals surface area contributed by atoms with E-state index in [0.29, 0.717) is 12.1 Å². The van der Waals surface area contributed by atoms with Gasteiger partial charge in [-0.15, -0.1) is 0 Å². The Kier molecular flexibility index (Phi) is 5.94. The summed E-state index contributed by atoms with van der Waals surface area (Å²) in [5.41, 5.74) is 2.42. The highest BCUT2D eigenvalue weighted by Crippen LogP contribution is 2.17. The Morgan fingerprint density at radius 3 is 2.50 bits per heavy atom. The molecule has 2 aromatic rings. The van der Waals surface area contributed by atoms with E-state index in [-0.39, 0.29) is 18.2 Å². The van der Waals surface area contributed by atoms with Crippen molar-refractivity contribution in [1.82, 2.24) is 5.32 Å². The molecule has 0 aliphatic carbocycles. The summed E-state index contributed by atoms with van der Waals surface area (Å²) in [6.07, 6.45) is 0.240. The highest BCUT2D eigenvalue weighted by molar-refractivity contribution is 14.1. The van der Waals surface area contributed by atoms with E-state index >= 15 is 0 Å². The molecule has 2 aromatic carbocycles. The number of hydrogen-bond donors (Lipinski definition) is 2. The summed E-state index contributed by atoms with van der Waals surface area (Å²) in [5.74, 6) is -0.281. The van der Waals surface area contributed by atoms with Crippen molar-refractivity contribution in [3.8, 4) is 0 Å². The second kappa shape index (κ2) is 7.93. The van der Waals surface area contributed by atoms with E-state index in [2.05, 4.69) is 33.2 Å². The largest absolute Gasteiger partial charge is 0.352 e. The molecule has 0 heterocycles. The molecule has 0 spiro atoms. The Morgan fingerprint density at radius 1 is 1.09 bits per heavy atom. The van der Waals surface area contributed by atoms with Gasteiger partial charge >= 0.3 is 0 Å². The highest BCUT2D eigenvalue weighted by Gasteiger charge is 2.07. The highest BCUT2D eigenvalue weighted by atomic mass is 127. The number of amides is 2. The summed E-state index contributed by atoms with van der Waals surface area (Å²) in [7, 11) is 0. The smallest absolute Gasteiger partial charge is 0.251 e. The third-order valence-electron chi connectivity index (χ3n) is 3.14. The van der Waals surface area contributed by atoms with Crippen molar-refractivity contribution >= 4 is 40.1 Å². The molecule has 2 rings (SSSR count). The Morgan fingerprint density at radius 2 is 1.82 bits per heavy atom. The van der Waals surface area contributed by atoms with Gasteiger partial charge in [0.1, 0.15) is 0 Å². The van der Waals surface area contributed by atoms with Gasteiger partial charge in [0.2, 0.25) is 5.91 Å². The zero-order valence-corrected chi connectivity index (χ0v) is 14.4. The van der Waals surface area contributed by atoms with E-state index < -0.39 is 0 Å². The van der Waals surface area contributed by atoms with Gasteiger partial charge in [-0.05, 0) is 65.4 Å². The SMILES string of the molecule is Cc1cc(I)ccc1NC(=O)CCNC(=O)c1ccccc1. The fraction of sp³-hybridized carbons (Fsp3) is 0.176. The number of carbonyl (C=O) groups is 2. The first kappa shape index (κ1) is 16.5. The molecule has 22 heavy (non-hydrogen) atoms. The van der Waals surface area contributed by atoms with Gasteiger partial charge in [0.25, 0.3) is 5.91 Å². The van der Waals surface area contributed by atoms with Crippen molar-refractivity contribution in [3.05, 3.63) is 63.2 Å². The maximum absolute atomic E-state index is 11.9. The third kappa shape index (κ3) is 4.84. The minimum atomic E-state index is -0.168. The van der Waals surface area contributed by atoms with E-state index in [0.717, 1.165) is 14.8 Å². The molecule has 0 aromatic heterocycles. The van der Waals surface area contributed by atoms with Gasteiger partial charge in [-0.25, -0.2) is 0 Å². The number of halogens is 1. The van der Waals surface area contributed by atoms with Crippen LogP contribution in [-0.2, 0) is 4.79 Å². The first-order valence-corrected chi connectivity index (χ1v) is 8.03. The maximum atomic E-state index is 11.9. The van der Waals surface area contributed by atoms with Crippen LogP contribution in [0.15, 0.2) is 48.5 Å². The van der Waals surface area contributed by atoms with Crippen LogP contribution in [-0.4, -0.2) is 18.4 Å². The normalized spacial score (nSPS) is 10.1. The molecule has 0 fully saturated rings. The lowest BCUT2D eigenvalue weighted by atomic mass is 10.2. The summed E-state index contributed by atoms with van der Waals surface area (Å²) < 4.78 is 1.13. The standard InChI is InChI=1S/C17H17IN2O2/c1-12-11-14(18)7-8-15(12)20-16(21)9-10-19-17(22)13-5-3-2-4-6-13/h2-8,11H,9-10H2,1H3,(H,19,22)(H,20,21). The van der Waals surface area contributed by atoms with Gasteiger partial charge in [-0.3, -0.25) is 9.59 Å². The predicted octanol–water partition coefficient (Wildman–Crippen LogP) is 3.36. The summed E-state index contributed by atoms with van der Waals surface area (Å²) in [6.45, 7) is 2.26. The van der Waals surface area contributed by atoms with Crippen LogP contribution in [0.4, 0.5) is 5.69 Å². The Balaban J connectivity index is 1.80. The van der Waals surface area contributed by atoms with E-state index in [1.54, 1.807) is 24.3 Å². The lowest BCUT2D eigenvalue weighted by Crippen LogP contribution is -2.27. The summed E-state index contributed by atoms with van der Waals surface area (Å²) in [5, 5.41) is 5.60. The maximum Gasteiger partial charge on any atom is 0.251 e. The Hall–Kier alpha value is -1.89. The van der Waals surface area contributed by atoms with Crippen LogP contribution in [0, 0.1) is 10.5 Å². The van der Waals surface area contributed by atoms with Crippen LogP contribution in [0.2, 0.25) is 0 Å². The number of rotatable bonds is 5. The Bertz CT molecular complexity index is 672. The molecule has 0 saturated carbocycles. The summed E-state index contributed by atoms with van der Waals surface area (Å²) in [6, 6.07) is 14.8. The molecule has 2 amide bonds. The molecule has 0 unspecified atom stereocenters. The monoisotopic (exact) mass is 408 g/mol. The van der Waals surface area contributed by atoms with Crippen LogP contribution in [0.5, 0.6) is 0 Å². The molecule has 0 aliphatic heterocycles. The molecule has 2 N–H and O–H groups in total. The molecule has 0 atom stereocenters. The van der Waals surface area contributed by atoms with Gasteiger partial charge in [-0.2, -0.15) is 0 Å². The van der Waals surface area contributed by atoms with Gasteiger partial charge in [0.15, 0.2) is 0 Å². The minimum absolute atomic E-state index is 0.113. The zero-order chi connectivity index (χ0) is 15.9. The molecule has 4 nitrogen and oxygen atoms in total. The topological polar surface area (TPSA) is 58.2 Å². The average molecular weight is 408 g/mol. The average Bonchev–Trinajstić information content (AvgIpc) is 2.51. The van der Waals surface area contributed by atoms with Crippen LogP contribution in [0.3, 0.4) is 0 Å². The zero-order valence-electron chi connectivity index (χ0n) is 12.2. The number of nitrogens with one attached hydrogen (secondary N) is 2. The summed E-state index contributed by atoms with van der Waals surface area (Å²) in [4.78, 5) is 23.7. The number of anilines is 1. The molecule has 0 radical (unpaired) electrons. The van der Waals surface area contributed by atoms with Crippen molar-refractivity contribution in [3.63, 3.8) is 0 Å². The third-order valence-corrected chi connectivity index (χ3v) is 3.81. The van der Waals surface area contributed by atoms with Gasteiger partial charge in [0.05, 0.1) is 0 Å². The van der Waals surface area contributed by atoms with E-state index in [1.165, 1.54) is 0 Å². The van der Waals surface area contributed by atoms with Crippen molar-refractivity contribution < 1.29 is 9.59 Å². The number of carbonyl (C=O) groups excluding carboxylic acids is 2. The second-order valence-electron chi connectivity index (χ2n) is 4.88. The Labute approximate surface area is 143 Å². The number of hydrogen-bond acceptors (Lipinski definition) is 2. The summed E-state index contributed by atoms with van der Waals surface area (Å²) >= 11 is 2.23. The van der Waals surface area contributed by atoms with Crippen LogP contribution >= 0.6 is 22.6 Å². The predicted molar refractivity (Wildman–Crippen MR) is 95.9 cm³/mol. The van der Waals surface area contributed by atoms with Crippen LogP contribution in [0.1, 0.15) is 22.3 Å². The molecule has 5 heteroatoms. The van der Waals surface area contributed by atoms with Crippen molar-refractivity contribution in [2.24, 2.45) is 0 Å². The number of benzene rings is 2. The van der Waals surface area contributed by atoms with Crippen LogP contribution < -0.4 is 10.6 Å². The van der Waals surface area contributed by atoms with E-state index in [4.69, 9.17) is 0 Å². The molecule has 0 saturated heterocycles. The van der Waals surface area contributed by atoms with Gasteiger partial charge < -0.3 is 10.6 Å². The first-order chi connectivity index (χ1) is 10.6. The fourth-order valence-corrected chi connectivity index (χ4v) is 2.61. The molecule has 114 valence electrons. The second-order valence-corrected chi connectivity index (χ2v) is 6.12. The van der Waals surface area contributed by atoms with Crippen molar-refractivity contribution in [2.45, 2.75) is 13.3 Å². The van der Waals surface area contributed by atoms with E-state index in [1.807, 2.05) is 31.2 Å². The van der Waals surface area contributed by atoms with Crippen molar-refractivity contribution in [1.29, 1.82) is 0 Å². The molecule has 0 bridgehead atoms. The fourth-order valence-electron chi connectivity index (χ4n) is 1.96. The molecular weight excluding hydrogens is 391 g/mol. The van der Waals surface area contributed by atoms with Gasteiger partial charge in [0, 0.05) is 27.8 Å². The molecule has 0 aliphatic rings. The molecular formula is C17H17IN2O2. The van der Waals surface area contributed by atoms with Crippen LogP contribution in [0.25, 0.3) is 0 Å². The van der Waals surface area contributed by atoms with E-state index in [9.17, 15) is 9.59 Å². The first-order valence-electron chi connectivity index (χ1n) is 6.95. The number of aryl methyl sites for hydroxylation is 1. The van der Waals surface area contributed by atoms with Crippen molar-refractivity contribution in [2.75, 3.05) is 11.9 Å². The minimum Gasteiger partial charge on any atom is -0.352 e. The van der Waals surface area contributed by atoms with Gasteiger partial charge in [-0.1, -0.05) is 18.2 Å². The quantitative estimate of drug-likeness (QED) is 0.746. The lowest BCUT2D eigenvalue weighted by molar-refractivity contribution is -0.116. The lowest BCUT2D eigenvalue weighted by Gasteiger charge is -2.09.